The van der Waals surface area contributed by atoms with Gasteiger partial charge in [-0.1, -0.05) is 12.1 Å². The van der Waals surface area contributed by atoms with Gasteiger partial charge in [0.2, 0.25) is 0 Å². The molecule has 1 N–H and O–H groups in total. The summed E-state index contributed by atoms with van der Waals surface area (Å²) in [7, 11) is 2.07. The lowest BCUT2D eigenvalue weighted by atomic mass is 10.2. The lowest BCUT2D eigenvalue weighted by Crippen LogP contribution is -1.83. The Hall–Kier alpha value is -1.02. The van der Waals surface area contributed by atoms with Crippen molar-refractivity contribution in [2.24, 2.45) is 7.05 Å². The summed E-state index contributed by atoms with van der Waals surface area (Å²) in [6.45, 7) is 0. The van der Waals surface area contributed by atoms with Crippen molar-refractivity contribution in [2.75, 3.05) is 0 Å². The van der Waals surface area contributed by atoms with Crippen molar-refractivity contribution >= 4 is 67.0 Å². The fraction of sp³-hybridized carbons (Fsp3) is 0.0588. The van der Waals surface area contributed by atoms with Crippen LogP contribution >= 0.6 is 45.2 Å². The van der Waals surface area contributed by atoms with Crippen LogP contribution in [0.15, 0.2) is 60.9 Å². The molecule has 0 unspecified atom stereocenters. The van der Waals surface area contributed by atoms with Gasteiger partial charge in [0.05, 0.1) is 0 Å². The van der Waals surface area contributed by atoms with Gasteiger partial charge in [-0.05, 0) is 92.4 Å². The molecule has 4 rings (SSSR count). The molecule has 0 radical (unpaired) electrons. The molecule has 0 amide bonds. The van der Waals surface area contributed by atoms with Crippen molar-refractivity contribution in [3.05, 3.63) is 68.1 Å². The smallest absolute Gasteiger partial charge is 0.0488 e. The number of nitrogens with zero attached hydrogens (tertiary/aromatic N) is 1. The van der Waals surface area contributed by atoms with E-state index in [4.69, 9.17) is 0 Å². The van der Waals surface area contributed by atoms with Crippen LogP contribution in [0, 0.1) is 7.14 Å². The normalized spacial score (nSPS) is 10.6. The molecule has 0 saturated heterocycles. The van der Waals surface area contributed by atoms with E-state index in [1.165, 1.54) is 28.9 Å². The molecule has 0 aliphatic carbocycles. The summed E-state index contributed by atoms with van der Waals surface area (Å²) < 4.78 is 4.70. The van der Waals surface area contributed by atoms with Crippen LogP contribution in [0.3, 0.4) is 0 Å². The second-order valence-corrected chi connectivity index (χ2v) is 7.33. The Balaban J connectivity index is 0.000000126. The maximum atomic E-state index is 3.16. The van der Waals surface area contributed by atoms with Gasteiger partial charge in [0.25, 0.3) is 0 Å². The number of nitrogens with one attached hydrogen (secondary N) is 1. The minimum absolute atomic E-state index is 1.21. The number of H-pyrrole nitrogens is 1. The van der Waals surface area contributed by atoms with Crippen molar-refractivity contribution in [3.63, 3.8) is 0 Å². The third-order valence-electron chi connectivity index (χ3n) is 3.37. The highest BCUT2D eigenvalue weighted by molar-refractivity contribution is 14.1. The molecular formula is C17H14I2N2. The largest absolute Gasteiger partial charge is 0.361 e. The third kappa shape index (κ3) is 3.42. The molecule has 4 aromatic rings. The average molecular weight is 500 g/mol. The molecule has 0 bridgehead atoms. The van der Waals surface area contributed by atoms with E-state index in [1.54, 1.807) is 0 Å². The number of fused-ring (bicyclic) bond motifs is 2. The van der Waals surface area contributed by atoms with Crippen molar-refractivity contribution in [3.8, 4) is 0 Å². The average Bonchev–Trinajstić information content (AvgIpc) is 3.06. The summed E-state index contributed by atoms with van der Waals surface area (Å²) in [6, 6.07) is 17.0. The minimum Gasteiger partial charge on any atom is -0.361 e. The molecule has 2 heterocycles. The molecule has 0 fully saturated rings. The number of hydrogen-bond acceptors (Lipinski definition) is 0. The lowest BCUT2D eigenvalue weighted by Gasteiger charge is -1.95. The van der Waals surface area contributed by atoms with Crippen LogP contribution < -0.4 is 0 Å². The van der Waals surface area contributed by atoms with Gasteiger partial charge in [0, 0.05) is 37.6 Å². The molecular weight excluding hydrogens is 486 g/mol. The van der Waals surface area contributed by atoms with Crippen molar-refractivity contribution in [2.45, 2.75) is 0 Å². The van der Waals surface area contributed by atoms with Gasteiger partial charge in [-0.25, -0.2) is 0 Å². The lowest BCUT2D eigenvalue weighted by molar-refractivity contribution is 0.969. The van der Waals surface area contributed by atoms with Crippen LogP contribution in [0.5, 0.6) is 0 Å². The van der Waals surface area contributed by atoms with E-state index in [2.05, 4.69) is 117 Å². The maximum absolute atomic E-state index is 3.16. The maximum Gasteiger partial charge on any atom is 0.0488 e. The Morgan fingerprint density at radius 3 is 2.38 bits per heavy atom. The van der Waals surface area contributed by atoms with E-state index < -0.39 is 0 Å². The fourth-order valence-electron chi connectivity index (χ4n) is 2.26. The fourth-order valence-corrected chi connectivity index (χ4v) is 3.22. The first-order chi connectivity index (χ1) is 10.1. The quantitative estimate of drug-likeness (QED) is 0.306. The molecule has 0 atom stereocenters. The number of rotatable bonds is 0. The van der Waals surface area contributed by atoms with E-state index in [9.17, 15) is 0 Å². The van der Waals surface area contributed by atoms with Crippen LogP contribution in [0.2, 0.25) is 0 Å². The SMILES string of the molecule is Cn1ccc2ccc(I)cc21.Ic1ccc2cc[nH]c2c1. The van der Waals surface area contributed by atoms with Crippen LogP contribution in [-0.2, 0) is 7.05 Å². The van der Waals surface area contributed by atoms with Crippen LogP contribution in [0.1, 0.15) is 0 Å². The van der Waals surface area contributed by atoms with E-state index in [0.717, 1.165) is 0 Å². The number of aromatic nitrogens is 2. The minimum atomic E-state index is 1.21. The van der Waals surface area contributed by atoms with Gasteiger partial charge >= 0.3 is 0 Å². The Labute approximate surface area is 150 Å². The first kappa shape index (κ1) is 14.9. The van der Waals surface area contributed by atoms with Gasteiger partial charge in [-0.15, -0.1) is 0 Å². The number of hydrogen-bond donors (Lipinski definition) is 1. The predicted molar refractivity (Wildman–Crippen MR) is 107 cm³/mol. The third-order valence-corrected chi connectivity index (χ3v) is 4.71. The van der Waals surface area contributed by atoms with Gasteiger partial charge in [0.15, 0.2) is 0 Å². The van der Waals surface area contributed by atoms with Crippen LogP contribution in [0.4, 0.5) is 0 Å². The predicted octanol–water partition coefficient (Wildman–Crippen LogP) is 5.56. The molecule has 4 heteroatoms. The molecule has 106 valence electrons. The second-order valence-electron chi connectivity index (χ2n) is 4.84. The summed E-state index contributed by atoms with van der Waals surface area (Å²) in [5.41, 5.74) is 2.52. The topological polar surface area (TPSA) is 20.7 Å². The van der Waals surface area contributed by atoms with Gasteiger partial charge in [0.1, 0.15) is 0 Å². The van der Waals surface area contributed by atoms with Gasteiger partial charge < -0.3 is 9.55 Å². The molecule has 0 saturated carbocycles. The molecule has 2 nitrogen and oxygen atoms in total. The van der Waals surface area contributed by atoms with Crippen molar-refractivity contribution < 1.29 is 0 Å². The van der Waals surface area contributed by atoms with E-state index in [-0.39, 0.29) is 0 Å². The number of aromatic amines is 1. The monoisotopic (exact) mass is 500 g/mol. The van der Waals surface area contributed by atoms with Crippen molar-refractivity contribution in [1.29, 1.82) is 0 Å². The number of aryl methyl sites for hydroxylation is 1. The Morgan fingerprint density at radius 2 is 1.57 bits per heavy atom. The number of benzene rings is 2. The van der Waals surface area contributed by atoms with Crippen LogP contribution in [0.25, 0.3) is 21.8 Å². The zero-order valence-corrected chi connectivity index (χ0v) is 15.8. The summed E-state index contributed by atoms with van der Waals surface area (Å²) >= 11 is 4.63. The Kier molecular flexibility index (Phi) is 4.54. The molecule has 2 aromatic carbocycles. The van der Waals surface area contributed by atoms with Crippen molar-refractivity contribution in [1.82, 2.24) is 9.55 Å². The van der Waals surface area contributed by atoms with Gasteiger partial charge in [-0.3, -0.25) is 0 Å². The summed E-state index contributed by atoms with van der Waals surface area (Å²) in [5.74, 6) is 0. The Bertz CT molecular complexity index is 890. The van der Waals surface area contributed by atoms with E-state index in [0.29, 0.717) is 0 Å². The Morgan fingerprint density at radius 1 is 0.857 bits per heavy atom. The number of halogens is 2. The van der Waals surface area contributed by atoms with Crippen LogP contribution in [-0.4, -0.2) is 9.55 Å². The highest BCUT2D eigenvalue weighted by atomic mass is 127. The summed E-state index contributed by atoms with van der Waals surface area (Å²) in [4.78, 5) is 3.16. The zero-order valence-electron chi connectivity index (χ0n) is 11.5. The second kappa shape index (κ2) is 6.39. The van der Waals surface area contributed by atoms with E-state index >= 15 is 0 Å². The van der Waals surface area contributed by atoms with E-state index in [1.807, 2.05) is 6.20 Å². The molecule has 0 spiro atoms. The molecule has 21 heavy (non-hydrogen) atoms. The molecule has 2 aromatic heterocycles. The standard InChI is InChI=1S/C9H8IN.C8H6IN/c1-11-5-4-7-2-3-8(10)6-9(7)11;9-7-2-1-6-3-4-10-8(6)5-7/h2-6H,1H3;1-5,10H. The highest BCUT2D eigenvalue weighted by Gasteiger charge is 1.96. The summed E-state index contributed by atoms with van der Waals surface area (Å²) in [6.07, 6.45) is 4.04. The zero-order chi connectivity index (χ0) is 14.8. The van der Waals surface area contributed by atoms with Gasteiger partial charge in [-0.2, -0.15) is 0 Å². The first-order valence-electron chi connectivity index (χ1n) is 6.57. The summed E-state index contributed by atoms with van der Waals surface area (Å²) in [5, 5.41) is 2.59. The molecule has 0 aliphatic heterocycles. The first-order valence-corrected chi connectivity index (χ1v) is 8.72. The molecule has 0 aliphatic rings. The highest BCUT2D eigenvalue weighted by Crippen LogP contribution is 2.17.